The minimum atomic E-state index is 0. The lowest BCUT2D eigenvalue weighted by molar-refractivity contribution is 0.479. The number of anilines is 1. The third kappa shape index (κ3) is 4.17. The van der Waals surface area contributed by atoms with Gasteiger partial charge in [0.1, 0.15) is 0 Å². The second kappa shape index (κ2) is 6.55. The highest BCUT2D eigenvalue weighted by atomic mass is 127. The number of halogens is 2. The van der Waals surface area contributed by atoms with Crippen molar-refractivity contribution >= 4 is 40.7 Å². The average molecular weight is 339 g/mol. The van der Waals surface area contributed by atoms with E-state index >= 15 is 0 Å². The minimum Gasteiger partial charge on any atom is -0.382 e. The molecular formula is C11H16ClIN2. The van der Waals surface area contributed by atoms with E-state index in [1.54, 1.807) is 0 Å². The number of rotatable bonds is 2. The first-order chi connectivity index (χ1) is 6.84. The molecule has 0 bridgehead atoms. The third-order valence-corrected chi connectivity index (χ3v) is 3.21. The van der Waals surface area contributed by atoms with E-state index in [9.17, 15) is 0 Å². The summed E-state index contributed by atoms with van der Waals surface area (Å²) in [5.74, 6) is 0. The zero-order valence-corrected chi connectivity index (χ0v) is 11.5. The lowest BCUT2D eigenvalue weighted by atomic mass is 10.1. The molecule has 2 N–H and O–H groups in total. The van der Waals surface area contributed by atoms with Gasteiger partial charge in [0.15, 0.2) is 0 Å². The van der Waals surface area contributed by atoms with Gasteiger partial charge in [-0.05, 0) is 66.7 Å². The van der Waals surface area contributed by atoms with Gasteiger partial charge in [-0.15, -0.1) is 12.4 Å². The molecule has 0 amide bonds. The number of piperidine rings is 1. The van der Waals surface area contributed by atoms with E-state index in [2.05, 4.69) is 57.5 Å². The maximum atomic E-state index is 3.58. The molecule has 1 saturated heterocycles. The summed E-state index contributed by atoms with van der Waals surface area (Å²) in [5, 5.41) is 6.95. The van der Waals surface area contributed by atoms with Crippen LogP contribution in [0.15, 0.2) is 24.3 Å². The molecule has 2 rings (SSSR count). The maximum Gasteiger partial charge on any atom is 0.0352 e. The molecule has 1 aliphatic heterocycles. The van der Waals surface area contributed by atoms with Gasteiger partial charge in [-0.3, -0.25) is 0 Å². The molecule has 2 nitrogen and oxygen atoms in total. The summed E-state index contributed by atoms with van der Waals surface area (Å²) in [6.07, 6.45) is 2.46. The van der Waals surface area contributed by atoms with Crippen LogP contribution in [0.25, 0.3) is 0 Å². The molecule has 0 unspecified atom stereocenters. The van der Waals surface area contributed by atoms with Crippen LogP contribution in [0.4, 0.5) is 5.69 Å². The van der Waals surface area contributed by atoms with Crippen molar-refractivity contribution < 1.29 is 0 Å². The normalized spacial score (nSPS) is 16.9. The SMILES string of the molecule is Cl.Ic1cccc(NC2CCNCC2)c1. The Morgan fingerprint density at radius 2 is 2.00 bits per heavy atom. The molecule has 4 heteroatoms. The molecule has 84 valence electrons. The molecular weight excluding hydrogens is 322 g/mol. The molecule has 0 aromatic heterocycles. The summed E-state index contributed by atoms with van der Waals surface area (Å²) in [4.78, 5) is 0. The van der Waals surface area contributed by atoms with Gasteiger partial charge in [0, 0.05) is 15.3 Å². The Labute approximate surface area is 111 Å². The topological polar surface area (TPSA) is 24.1 Å². The largest absolute Gasteiger partial charge is 0.382 e. The lowest BCUT2D eigenvalue weighted by Gasteiger charge is -2.24. The van der Waals surface area contributed by atoms with Crippen molar-refractivity contribution in [2.75, 3.05) is 18.4 Å². The van der Waals surface area contributed by atoms with Crippen molar-refractivity contribution in [2.45, 2.75) is 18.9 Å². The fourth-order valence-electron chi connectivity index (χ4n) is 1.78. The van der Waals surface area contributed by atoms with Crippen LogP contribution in [0.1, 0.15) is 12.8 Å². The van der Waals surface area contributed by atoms with Gasteiger partial charge in [0.2, 0.25) is 0 Å². The predicted molar refractivity (Wildman–Crippen MR) is 75.9 cm³/mol. The van der Waals surface area contributed by atoms with Gasteiger partial charge in [-0.25, -0.2) is 0 Å². The fraction of sp³-hybridized carbons (Fsp3) is 0.455. The molecule has 0 atom stereocenters. The first kappa shape index (κ1) is 13.1. The molecule has 1 fully saturated rings. The Morgan fingerprint density at radius 3 is 2.67 bits per heavy atom. The monoisotopic (exact) mass is 338 g/mol. The van der Waals surface area contributed by atoms with Crippen LogP contribution >= 0.6 is 35.0 Å². The summed E-state index contributed by atoms with van der Waals surface area (Å²) < 4.78 is 1.29. The van der Waals surface area contributed by atoms with Crippen molar-refractivity contribution in [2.24, 2.45) is 0 Å². The number of benzene rings is 1. The number of nitrogens with one attached hydrogen (secondary N) is 2. The molecule has 0 saturated carbocycles. The summed E-state index contributed by atoms with van der Waals surface area (Å²) in [6, 6.07) is 9.21. The highest BCUT2D eigenvalue weighted by Crippen LogP contribution is 2.16. The van der Waals surface area contributed by atoms with Crippen molar-refractivity contribution in [3.05, 3.63) is 27.8 Å². The Kier molecular flexibility index (Phi) is 5.71. The number of hydrogen-bond acceptors (Lipinski definition) is 2. The van der Waals surface area contributed by atoms with E-state index in [0.717, 1.165) is 13.1 Å². The van der Waals surface area contributed by atoms with E-state index in [-0.39, 0.29) is 12.4 Å². The smallest absolute Gasteiger partial charge is 0.0352 e. The lowest BCUT2D eigenvalue weighted by Crippen LogP contribution is -2.35. The Balaban J connectivity index is 0.00000112. The van der Waals surface area contributed by atoms with Crippen LogP contribution in [0.3, 0.4) is 0 Å². The van der Waals surface area contributed by atoms with Crippen LogP contribution in [0, 0.1) is 3.57 Å². The van der Waals surface area contributed by atoms with Gasteiger partial charge in [-0.2, -0.15) is 0 Å². The van der Waals surface area contributed by atoms with Crippen LogP contribution in [0.2, 0.25) is 0 Å². The molecule has 0 spiro atoms. The summed E-state index contributed by atoms with van der Waals surface area (Å²) in [5.41, 5.74) is 1.25. The fourth-order valence-corrected chi connectivity index (χ4v) is 2.32. The van der Waals surface area contributed by atoms with Gasteiger partial charge in [-0.1, -0.05) is 6.07 Å². The molecule has 0 radical (unpaired) electrons. The second-order valence-corrected chi connectivity index (χ2v) is 4.92. The minimum absolute atomic E-state index is 0. The van der Waals surface area contributed by atoms with Gasteiger partial charge in [0.25, 0.3) is 0 Å². The van der Waals surface area contributed by atoms with Crippen LogP contribution < -0.4 is 10.6 Å². The predicted octanol–water partition coefficient (Wildman–Crippen LogP) is 2.88. The molecule has 1 aromatic rings. The summed E-state index contributed by atoms with van der Waals surface area (Å²) >= 11 is 2.35. The third-order valence-electron chi connectivity index (χ3n) is 2.53. The highest BCUT2D eigenvalue weighted by molar-refractivity contribution is 14.1. The Morgan fingerprint density at radius 1 is 1.27 bits per heavy atom. The first-order valence-electron chi connectivity index (χ1n) is 5.07. The maximum absolute atomic E-state index is 3.58. The molecule has 0 aliphatic carbocycles. The highest BCUT2D eigenvalue weighted by Gasteiger charge is 2.11. The zero-order valence-electron chi connectivity index (χ0n) is 8.50. The van der Waals surface area contributed by atoms with Crippen LogP contribution in [-0.4, -0.2) is 19.1 Å². The Bertz CT molecular complexity index is 300. The van der Waals surface area contributed by atoms with E-state index in [1.807, 2.05) is 0 Å². The van der Waals surface area contributed by atoms with Crippen molar-refractivity contribution in [1.82, 2.24) is 5.32 Å². The average Bonchev–Trinajstić information content (AvgIpc) is 2.19. The van der Waals surface area contributed by atoms with Crippen LogP contribution in [-0.2, 0) is 0 Å². The Hall–Kier alpha value is -0.0000000000000000278. The van der Waals surface area contributed by atoms with E-state index < -0.39 is 0 Å². The second-order valence-electron chi connectivity index (χ2n) is 3.68. The standard InChI is InChI=1S/C11H15IN2.ClH/c12-9-2-1-3-11(8-9)14-10-4-6-13-7-5-10;/h1-3,8,10,13-14H,4-7H2;1H. The molecule has 15 heavy (non-hydrogen) atoms. The molecule has 1 aromatic carbocycles. The quantitative estimate of drug-likeness (QED) is 0.810. The van der Waals surface area contributed by atoms with Gasteiger partial charge < -0.3 is 10.6 Å². The van der Waals surface area contributed by atoms with Crippen molar-refractivity contribution in [3.8, 4) is 0 Å². The summed E-state index contributed by atoms with van der Waals surface area (Å²) in [7, 11) is 0. The zero-order chi connectivity index (χ0) is 9.80. The number of hydrogen-bond donors (Lipinski definition) is 2. The van der Waals surface area contributed by atoms with Gasteiger partial charge >= 0.3 is 0 Å². The van der Waals surface area contributed by atoms with Gasteiger partial charge in [0.05, 0.1) is 0 Å². The first-order valence-corrected chi connectivity index (χ1v) is 6.15. The van der Waals surface area contributed by atoms with E-state index in [1.165, 1.54) is 22.1 Å². The molecule has 1 aliphatic rings. The molecule has 1 heterocycles. The van der Waals surface area contributed by atoms with Crippen molar-refractivity contribution in [3.63, 3.8) is 0 Å². The van der Waals surface area contributed by atoms with E-state index in [4.69, 9.17) is 0 Å². The summed E-state index contributed by atoms with van der Waals surface area (Å²) in [6.45, 7) is 2.28. The van der Waals surface area contributed by atoms with Crippen molar-refractivity contribution in [1.29, 1.82) is 0 Å². The van der Waals surface area contributed by atoms with Crippen LogP contribution in [0.5, 0.6) is 0 Å². The van der Waals surface area contributed by atoms with E-state index in [0.29, 0.717) is 6.04 Å².